The van der Waals surface area contributed by atoms with E-state index in [2.05, 4.69) is 5.43 Å². The fourth-order valence-corrected chi connectivity index (χ4v) is 0.760. The predicted molar refractivity (Wildman–Crippen MR) is 31.0 cm³/mol. The van der Waals surface area contributed by atoms with Gasteiger partial charge in [-0.25, -0.2) is 0 Å². The maximum Gasteiger partial charge on any atom is 0.436 e. The fraction of sp³-hybridized carbons (Fsp3) is 0.600. The number of rotatable bonds is 0. The van der Waals surface area contributed by atoms with E-state index in [1.807, 2.05) is 0 Å². The molecule has 0 aromatic rings. The van der Waals surface area contributed by atoms with E-state index in [1.54, 1.807) is 0 Å². The van der Waals surface area contributed by atoms with Gasteiger partial charge in [0.2, 0.25) is 0 Å². The largest absolute Gasteiger partial charge is 0.436 e. The summed E-state index contributed by atoms with van der Waals surface area (Å²) in [4.78, 5) is 0. The standard InChI is InChI=1S/C5H7F3N2O/c1-10-4(11,2-3-9-10)5(6,7)8/h2-3,9,11H,1H3. The molecule has 1 heterocycles. The van der Waals surface area contributed by atoms with Gasteiger partial charge in [-0.2, -0.15) is 18.2 Å². The van der Waals surface area contributed by atoms with Crippen molar-refractivity contribution in [2.45, 2.75) is 11.9 Å². The zero-order valence-electron chi connectivity index (χ0n) is 5.68. The number of hydrogen-bond acceptors (Lipinski definition) is 3. The molecule has 2 N–H and O–H groups in total. The van der Waals surface area contributed by atoms with Gasteiger partial charge < -0.3 is 10.5 Å². The van der Waals surface area contributed by atoms with Gasteiger partial charge in [-0.1, -0.05) is 0 Å². The molecule has 64 valence electrons. The Hall–Kier alpha value is -0.750. The van der Waals surface area contributed by atoms with E-state index in [0.29, 0.717) is 11.1 Å². The molecule has 0 spiro atoms. The van der Waals surface area contributed by atoms with Gasteiger partial charge in [-0.15, -0.1) is 0 Å². The van der Waals surface area contributed by atoms with Gasteiger partial charge in [0.15, 0.2) is 0 Å². The van der Waals surface area contributed by atoms with Crippen molar-refractivity contribution >= 4 is 0 Å². The number of hydrazine groups is 1. The Bertz CT molecular complexity index is 191. The zero-order valence-corrected chi connectivity index (χ0v) is 5.68. The third-order valence-corrected chi connectivity index (χ3v) is 1.51. The third-order valence-electron chi connectivity index (χ3n) is 1.51. The Balaban J connectivity index is 2.90. The molecule has 0 fully saturated rings. The lowest BCUT2D eigenvalue weighted by molar-refractivity contribution is -0.289. The Morgan fingerprint density at radius 1 is 1.55 bits per heavy atom. The van der Waals surface area contributed by atoms with Crippen molar-refractivity contribution in [2.75, 3.05) is 7.05 Å². The molecule has 1 rings (SSSR count). The van der Waals surface area contributed by atoms with Crippen molar-refractivity contribution < 1.29 is 18.3 Å². The maximum atomic E-state index is 12.0. The first-order chi connectivity index (χ1) is 4.88. The van der Waals surface area contributed by atoms with Crippen molar-refractivity contribution in [3.8, 4) is 0 Å². The average Bonchev–Trinajstić information content (AvgIpc) is 2.12. The van der Waals surface area contributed by atoms with Crippen molar-refractivity contribution in [1.29, 1.82) is 0 Å². The minimum atomic E-state index is -4.68. The topological polar surface area (TPSA) is 35.5 Å². The van der Waals surface area contributed by atoms with Crippen LogP contribution >= 0.6 is 0 Å². The van der Waals surface area contributed by atoms with Gasteiger partial charge in [0.25, 0.3) is 5.72 Å². The maximum absolute atomic E-state index is 12.0. The van der Waals surface area contributed by atoms with Crippen molar-refractivity contribution in [1.82, 2.24) is 10.4 Å². The number of nitrogens with zero attached hydrogens (tertiary/aromatic N) is 1. The predicted octanol–water partition coefficient (Wildman–Crippen LogP) is 0.201. The summed E-state index contributed by atoms with van der Waals surface area (Å²) in [5, 5.41) is 9.52. The van der Waals surface area contributed by atoms with E-state index < -0.39 is 11.9 Å². The van der Waals surface area contributed by atoms with Crippen LogP contribution in [0, 0.1) is 0 Å². The Kier molecular flexibility index (Phi) is 1.61. The lowest BCUT2D eigenvalue weighted by Crippen LogP contribution is -2.56. The molecule has 1 aliphatic heterocycles. The van der Waals surface area contributed by atoms with Crippen molar-refractivity contribution in [3.63, 3.8) is 0 Å². The molecule has 6 heteroatoms. The molecule has 0 amide bonds. The van der Waals surface area contributed by atoms with Gasteiger partial charge in [0.05, 0.1) is 0 Å². The highest BCUT2D eigenvalue weighted by atomic mass is 19.4. The second-order valence-electron chi connectivity index (χ2n) is 2.25. The fourth-order valence-electron chi connectivity index (χ4n) is 0.760. The second kappa shape index (κ2) is 2.12. The summed E-state index contributed by atoms with van der Waals surface area (Å²) in [6.07, 6.45) is -3.00. The average molecular weight is 168 g/mol. The van der Waals surface area contributed by atoms with Crippen LogP contribution in [-0.4, -0.2) is 29.1 Å². The first kappa shape index (κ1) is 8.35. The van der Waals surface area contributed by atoms with E-state index in [0.717, 1.165) is 13.2 Å². The third kappa shape index (κ3) is 1.08. The smallest absolute Gasteiger partial charge is 0.363 e. The first-order valence-corrected chi connectivity index (χ1v) is 2.85. The number of halogens is 3. The molecule has 0 saturated heterocycles. The van der Waals surface area contributed by atoms with Crippen LogP contribution in [0.3, 0.4) is 0 Å². The van der Waals surface area contributed by atoms with Crippen LogP contribution in [0.2, 0.25) is 0 Å². The number of hydrogen-bond donors (Lipinski definition) is 2. The van der Waals surface area contributed by atoms with E-state index in [9.17, 15) is 13.2 Å². The molecule has 0 saturated carbocycles. The summed E-state index contributed by atoms with van der Waals surface area (Å²) in [7, 11) is 1.10. The highest BCUT2D eigenvalue weighted by Crippen LogP contribution is 2.34. The number of nitrogens with one attached hydrogen (secondary N) is 1. The first-order valence-electron chi connectivity index (χ1n) is 2.85. The van der Waals surface area contributed by atoms with Gasteiger partial charge >= 0.3 is 6.18 Å². The molecular weight excluding hydrogens is 161 g/mol. The normalized spacial score (nSPS) is 32.5. The molecule has 1 unspecified atom stereocenters. The highest BCUT2D eigenvalue weighted by Gasteiger charge is 2.57. The Morgan fingerprint density at radius 3 is 2.27 bits per heavy atom. The van der Waals surface area contributed by atoms with Gasteiger partial charge in [-0.3, -0.25) is 0 Å². The van der Waals surface area contributed by atoms with E-state index in [4.69, 9.17) is 5.11 Å². The molecule has 1 atom stereocenters. The minimum Gasteiger partial charge on any atom is -0.363 e. The Labute approximate surface area is 61.1 Å². The number of likely N-dealkylation sites (N-methyl/N-ethyl adjacent to an activating group) is 1. The SMILES string of the molecule is CN1NC=CC1(O)C(F)(F)F. The summed E-state index contributed by atoms with van der Waals surface area (Å²) in [5.74, 6) is 0. The van der Waals surface area contributed by atoms with Crippen LogP contribution < -0.4 is 5.43 Å². The molecule has 1 aliphatic rings. The van der Waals surface area contributed by atoms with Gasteiger partial charge in [0.1, 0.15) is 0 Å². The highest BCUT2D eigenvalue weighted by molar-refractivity contribution is 5.07. The number of aliphatic hydroxyl groups is 1. The lowest BCUT2D eigenvalue weighted by Gasteiger charge is -2.30. The van der Waals surface area contributed by atoms with Crippen LogP contribution in [0.25, 0.3) is 0 Å². The van der Waals surface area contributed by atoms with Crippen LogP contribution in [-0.2, 0) is 0 Å². The minimum absolute atomic E-state index is 0.576. The number of alkyl halides is 3. The van der Waals surface area contributed by atoms with Crippen LogP contribution in [0.15, 0.2) is 12.3 Å². The monoisotopic (exact) mass is 168 g/mol. The van der Waals surface area contributed by atoms with Crippen LogP contribution in [0.4, 0.5) is 13.2 Å². The zero-order chi connectivity index (χ0) is 8.70. The quantitative estimate of drug-likeness (QED) is 0.542. The van der Waals surface area contributed by atoms with Gasteiger partial charge in [0, 0.05) is 13.2 Å². The van der Waals surface area contributed by atoms with E-state index >= 15 is 0 Å². The van der Waals surface area contributed by atoms with Crippen molar-refractivity contribution in [2.24, 2.45) is 0 Å². The molecule has 0 aromatic heterocycles. The van der Waals surface area contributed by atoms with E-state index in [1.165, 1.54) is 0 Å². The lowest BCUT2D eigenvalue weighted by atomic mass is 10.2. The molecule has 0 aromatic carbocycles. The summed E-state index contributed by atoms with van der Waals surface area (Å²) in [6.45, 7) is 0. The van der Waals surface area contributed by atoms with Gasteiger partial charge in [-0.05, 0) is 6.08 Å². The molecule has 3 nitrogen and oxygen atoms in total. The second-order valence-corrected chi connectivity index (χ2v) is 2.25. The molecule has 0 aliphatic carbocycles. The van der Waals surface area contributed by atoms with E-state index in [-0.39, 0.29) is 0 Å². The summed E-state index contributed by atoms with van der Waals surface area (Å²) in [6, 6.07) is 0. The van der Waals surface area contributed by atoms with Crippen molar-refractivity contribution in [3.05, 3.63) is 12.3 Å². The van der Waals surface area contributed by atoms with Crippen LogP contribution in [0.1, 0.15) is 0 Å². The molecule has 0 radical (unpaired) electrons. The summed E-state index contributed by atoms with van der Waals surface area (Å²) >= 11 is 0. The summed E-state index contributed by atoms with van der Waals surface area (Å²) < 4.78 is 36.0. The Morgan fingerprint density at radius 2 is 2.09 bits per heavy atom. The molecule has 0 bridgehead atoms. The summed E-state index contributed by atoms with van der Waals surface area (Å²) in [5.41, 5.74) is -0.669. The van der Waals surface area contributed by atoms with Crippen LogP contribution in [0.5, 0.6) is 0 Å². The molecule has 11 heavy (non-hydrogen) atoms. The molecular formula is C5H7F3N2O.